The van der Waals surface area contributed by atoms with Gasteiger partial charge in [0.05, 0.1) is 23.4 Å². The van der Waals surface area contributed by atoms with Crippen molar-refractivity contribution in [3.05, 3.63) is 76.0 Å². The molecule has 8 heteroatoms. The number of hydrogen-bond donors (Lipinski definition) is 0. The largest absolute Gasteiger partial charge is 0.460 e. The van der Waals surface area contributed by atoms with Gasteiger partial charge < -0.3 is 4.74 Å². The Morgan fingerprint density at radius 3 is 2.31 bits per heavy atom. The number of rotatable bonds is 5. The van der Waals surface area contributed by atoms with Crippen LogP contribution in [-0.2, 0) is 4.74 Å². The van der Waals surface area contributed by atoms with Gasteiger partial charge in [-0.1, -0.05) is 12.1 Å². The van der Waals surface area contributed by atoms with E-state index < -0.39 is 17.8 Å². The second kappa shape index (κ2) is 7.56. The molecular weight excluding hydrogens is 395 g/mol. The van der Waals surface area contributed by atoms with Crippen LogP contribution in [0.15, 0.2) is 48.5 Å². The average molecular weight is 410 g/mol. The first kappa shape index (κ1) is 18.9. The van der Waals surface area contributed by atoms with Gasteiger partial charge in [-0.2, -0.15) is 0 Å². The molecule has 0 saturated carbocycles. The van der Waals surface area contributed by atoms with Gasteiger partial charge in [-0.15, -0.1) is 11.3 Å². The number of esters is 1. The Labute approximate surface area is 169 Å². The van der Waals surface area contributed by atoms with Crippen molar-refractivity contribution in [2.24, 2.45) is 0 Å². The van der Waals surface area contributed by atoms with E-state index in [-0.39, 0.29) is 19.0 Å². The normalized spacial score (nSPS) is 13.0. The highest BCUT2D eigenvalue weighted by Crippen LogP contribution is 2.28. The molecule has 4 rings (SSSR count). The zero-order valence-electron chi connectivity index (χ0n) is 15.3. The van der Waals surface area contributed by atoms with Crippen molar-refractivity contribution in [3.63, 3.8) is 0 Å². The maximum absolute atomic E-state index is 13.1. The number of hydrogen-bond acceptors (Lipinski definition) is 6. The predicted molar refractivity (Wildman–Crippen MR) is 104 cm³/mol. The predicted octanol–water partition coefficient (Wildman–Crippen LogP) is 3.71. The molecule has 2 amide bonds. The van der Waals surface area contributed by atoms with E-state index in [0.717, 1.165) is 16.2 Å². The maximum atomic E-state index is 13.1. The number of amides is 2. The third-order valence-electron chi connectivity index (χ3n) is 4.50. The molecule has 0 bridgehead atoms. The van der Waals surface area contributed by atoms with E-state index in [0.29, 0.717) is 32.3 Å². The number of fused-ring (bicyclic) bond motifs is 1. The lowest BCUT2D eigenvalue weighted by Gasteiger charge is -2.13. The number of aromatic nitrogens is 1. The third-order valence-corrected chi connectivity index (χ3v) is 5.69. The van der Waals surface area contributed by atoms with E-state index in [1.165, 1.54) is 12.1 Å². The fourth-order valence-electron chi connectivity index (χ4n) is 3.04. The lowest BCUT2D eigenvalue weighted by molar-refractivity contribution is 0.0423. The van der Waals surface area contributed by atoms with E-state index in [2.05, 4.69) is 4.98 Å². The molecule has 2 heterocycles. The minimum Gasteiger partial charge on any atom is -0.460 e. The molecule has 0 atom stereocenters. The highest BCUT2D eigenvalue weighted by molar-refractivity contribution is 7.17. The Kier molecular flexibility index (Phi) is 4.94. The van der Waals surface area contributed by atoms with Crippen molar-refractivity contribution in [1.29, 1.82) is 0 Å². The van der Waals surface area contributed by atoms with Crippen molar-refractivity contribution < 1.29 is 23.5 Å². The Bertz CT molecular complexity index is 1090. The summed E-state index contributed by atoms with van der Waals surface area (Å²) in [5.74, 6) is -1.72. The fraction of sp³-hybridized carbons (Fsp3) is 0.143. The van der Waals surface area contributed by atoms with Crippen molar-refractivity contribution in [3.8, 4) is 10.6 Å². The van der Waals surface area contributed by atoms with Crippen LogP contribution in [0.4, 0.5) is 4.39 Å². The molecular formula is C21H15FN2O4S. The minimum atomic E-state index is -0.579. The molecule has 0 unspecified atom stereocenters. The van der Waals surface area contributed by atoms with Crippen molar-refractivity contribution in [1.82, 2.24) is 9.88 Å². The summed E-state index contributed by atoms with van der Waals surface area (Å²) >= 11 is 1.14. The van der Waals surface area contributed by atoms with Gasteiger partial charge >= 0.3 is 5.97 Å². The number of aryl methyl sites for hydroxylation is 1. The number of halogens is 1. The third kappa shape index (κ3) is 3.54. The lowest BCUT2D eigenvalue weighted by Crippen LogP contribution is -2.33. The maximum Gasteiger partial charge on any atom is 0.350 e. The van der Waals surface area contributed by atoms with Crippen molar-refractivity contribution in [2.75, 3.05) is 13.2 Å². The molecule has 1 aliphatic rings. The van der Waals surface area contributed by atoms with Gasteiger partial charge in [0.15, 0.2) is 0 Å². The molecule has 3 aromatic rings. The van der Waals surface area contributed by atoms with Gasteiger partial charge in [0.1, 0.15) is 22.3 Å². The molecule has 0 fully saturated rings. The Hall–Kier alpha value is -3.39. The van der Waals surface area contributed by atoms with Crippen molar-refractivity contribution in [2.45, 2.75) is 6.92 Å². The average Bonchev–Trinajstić information content (AvgIpc) is 3.22. The van der Waals surface area contributed by atoms with E-state index in [1.54, 1.807) is 43.3 Å². The number of carbonyl (C=O) groups excluding carboxylic acids is 3. The zero-order valence-corrected chi connectivity index (χ0v) is 16.2. The topological polar surface area (TPSA) is 76.6 Å². The molecule has 0 radical (unpaired) electrons. The van der Waals surface area contributed by atoms with Gasteiger partial charge in [0.25, 0.3) is 11.8 Å². The monoisotopic (exact) mass is 410 g/mol. The highest BCUT2D eigenvalue weighted by Gasteiger charge is 2.35. The van der Waals surface area contributed by atoms with Crippen LogP contribution in [0.3, 0.4) is 0 Å². The second-order valence-electron chi connectivity index (χ2n) is 6.38. The SMILES string of the molecule is Cc1nc(-c2ccc(F)cc2)sc1C(=O)OCCN1C(=O)c2ccccc2C1=O. The Balaban J connectivity index is 1.40. The minimum absolute atomic E-state index is 0.0270. The van der Waals surface area contributed by atoms with Crippen LogP contribution in [-0.4, -0.2) is 40.8 Å². The first-order chi connectivity index (χ1) is 14.0. The standard InChI is InChI=1S/C21H15FN2O4S/c1-12-17(29-18(23-12)13-6-8-14(22)9-7-13)21(27)28-11-10-24-19(25)15-4-2-3-5-16(15)20(24)26/h2-9H,10-11H2,1H3. The number of benzene rings is 2. The first-order valence-corrected chi connectivity index (χ1v) is 9.63. The zero-order chi connectivity index (χ0) is 20.5. The van der Waals surface area contributed by atoms with Gasteiger partial charge in [-0.05, 0) is 43.3 Å². The van der Waals surface area contributed by atoms with Crippen LogP contribution in [0.5, 0.6) is 0 Å². The van der Waals surface area contributed by atoms with Gasteiger partial charge in [-0.3, -0.25) is 14.5 Å². The fourth-order valence-corrected chi connectivity index (χ4v) is 4.00. The smallest absolute Gasteiger partial charge is 0.350 e. The summed E-state index contributed by atoms with van der Waals surface area (Å²) in [6.45, 7) is 1.54. The van der Waals surface area contributed by atoms with Crippen molar-refractivity contribution >= 4 is 29.1 Å². The van der Waals surface area contributed by atoms with E-state index in [1.807, 2.05) is 0 Å². The molecule has 1 aliphatic heterocycles. The van der Waals surface area contributed by atoms with Gasteiger partial charge in [0, 0.05) is 5.56 Å². The molecule has 6 nitrogen and oxygen atoms in total. The van der Waals surface area contributed by atoms with Crippen LogP contribution in [0.25, 0.3) is 10.6 Å². The Morgan fingerprint density at radius 2 is 1.69 bits per heavy atom. The molecule has 146 valence electrons. The van der Waals surface area contributed by atoms with Crippen LogP contribution in [0, 0.1) is 12.7 Å². The quantitative estimate of drug-likeness (QED) is 0.473. The summed E-state index contributed by atoms with van der Waals surface area (Å²) in [5.41, 5.74) is 1.90. The number of ether oxygens (including phenoxy) is 1. The lowest BCUT2D eigenvalue weighted by atomic mass is 10.1. The first-order valence-electron chi connectivity index (χ1n) is 8.81. The molecule has 0 saturated heterocycles. The van der Waals surface area contributed by atoms with Crippen LogP contribution in [0.2, 0.25) is 0 Å². The van der Waals surface area contributed by atoms with Crippen LogP contribution in [0.1, 0.15) is 36.1 Å². The number of nitrogens with zero attached hydrogens (tertiary/aromatic N) is 2. The van der Waals surface area contributed by atoms with Crippen LogP contribution >= 0.6 is 11.3 Å². The molecule has 29 heavy (non-hydrogen) atoms. The number of thiazole rings is 1. The number of carbonyl (C=O) groups is 3. The highest BCUT2D eigenvalue weighted by atomic mass is 32.1. The summed E-state index contributed by atoms with van der Waals surface area (Å²) in [7, 11) is 0. The van der Waals surface area contributed by atoms with Gasteiger partial charge in [-0.25, -0.2) is 14.2 Å². The van der Waals surface area contributed by atoms with E-state index in [4.69, 9.17) is 4.74 Å². The number of imide groups is 1. The summed E-state index contributed by atoms with van der Waals surface area (Å²) in [5, 5.41) is 0.579. The van der Waals surface area contributed by atoms with Crippen LogP contribution < -0.4 is 0 Å². The molecule has 0 N–H and O–H groups in total. The second-order valence-corrected chi connectivity index (χ2v) is 7.38. The summed E-state index contributed by atoms with van der Waals surface area (Å²) in [4.78, 5) is 42.8. The summed E-state index contributed by atoms with van der Waals surface area (Å²) in [6, 6.07) is 12.4. The Morgan fingerprint density at radius 1 is 1.07 bits per heavy atom. The molecule has 1 aromatic heterocycles. The molecule has 2 aromatic carbocycles. The van der Waals surface area contributed by atoms with E-state index in [9.17, 15) is 18.8 Å². The van der Waals surface area contributed by atoms with E-state index >= 15 is 0 Å². The summed E-state index contributed by atoms with van der Waals surface area (Å²) < 4.78 is 18.3. The molecule has 0 aliphatic carbocycles. The molecule has 0 spiro atoms. The van der Waals surface area contributed by atoms with Gasteiger partial charge in [0.2, 0.25) is 0 Å². The summed E-state index contributed by atoms with van der Waals surface area (Å²) in [6.07, 6.45) is 0.